The number of aliphatic hydroxyl groups excluding tert-OH is 1. The summed E-state index contributed by atoms with van der Waals surface area (Å²) in [6, 6.07) is 20.4. The molecule has 3 aromatic carbocycles. The van der Waals surface area contributed by atoms with Crippen LogP contribution in [0.1, 0.15) is 75.0 Å². The maximum absolute atomic E-state index is 13.4. The number of alkyl carbamates (subject to hydrolysis) is 1. The van der Waals surface area contributed by atoms with E-state index in [2.05, 4.69) is 50.8 Å². The van der Waals surface area contributed by atoms with E-state index in [0.717, 1.165) is 22.3 Å². The number of hydrogen-bond donors (Lipinski definition) is 7. The molecule has 0 bridgehead atoms. The van der Waals surface area contributed by atoms with Gasteiger partial charge in [0.1, 0.15) is 18.7 Å². The summed E-state index contributed by atoms with van der Waals surface area (Å²) in [4.78, 5) is 63.0. The minimum atomic E-state index is -0.957. The van der Waals surface area contributed by atoms with Gasteiger partial charge in [0.15, 0.2) is 0 Å². The number of anilines is 1. The van der Waals surface area contributed by atoms with Crippen LogP contribution < -0.4 is 32.3 Å². The Labute approximate surface area is 304 Å². The normalized spacial score (nSPS) is 12.9. The SMILES string of the molecule is CC(C)[C@H](NC(=O)CCCCCNC(=O)OCC1c2ccccc2-c2ccccc21)C(=O)N[C@@H](CCCNC(N)=O)C(=O)Nc1ccc(CO)cc1. The molecule has 13 nitrogen and oxygen atoms in total. The highest BCUT2D eigenvalue weighted by Crippen LogP contribution is 2.44. The highest BCUT2D eigenvalue weighted by molar-refractivity contribution is 5.98. The molecule has 3 aromatic rings. The molecule has 8 N–H and O–H groups in total. The highest BCUT2D eigenvalue weighted by atomic mass is 16.5. The lowest BCUT2D eigenvalue weighted by Crippen LogP contribution is -2.54. The number of amides is 6. The Morgan fingerprint density at radius 2 is 1.40 bits per heavy atom. The Balaban J connectivity index is 1.18. The third kappa shape index (κ3) is 11.6. The molecule has 0 aliphatic heterocycles. The number of carbonyl (C=O) groups excluding carboxylic acids is 5. The van der Waals surface area contributed by atoms with Gasteiger partial charge in [0.2, 0.25) is 17.7 Å². The Morgan fingerprint density at radius 3 is 2.02 bits per heavy atom. The zero-order valence-corrected chi connectivity index (χ0v) is 29.8. The fraction of sp³-hybridized carbons (Fsp3) is 0.410. The third-order valence-corrected chi connectivity index (χ3v) is 8.97. The van der Waals surface area contributed by atoms with Gasteiger partial charge in [-0.3, -0.25) is 14.4 Å². The maximum Gasteiger partial charge on any atom is 0.407 e. The summed E-state index contributed by atoms with van der Waals surface area (Å²) in [7, 11) is 0. The summed E-state index contributed by atoms with van der Waals surface area (Å²) in [6.07, 6.45) is 2.15. The average molecular weight is 715 g/mol. The fourth-order valence-electron chi connectivity index (χ4n) is 6.18. The summed E-state index contributed by atoms with van der Waals surface area (Å²) in [6.45, 7) is 4.32. The van der Waals surface area contributed by atoms with E-state index in [0.29, 0.717) is 43.5 Å². The van der Waals surface area contributed by atoms with Crippen LogP contribution in [0.4, 0.5) is 15.3 Å². The van der Waals surface area contributed by atoms with Crippen molar-refractivity contribution in [3.8, 4) is 11.1 Å². The number of primary amides is 1. The van der Waals surface area contributed by atoms with Gasteiger partial charge in [-0.1, -0.05) is 80.9 Å². The predicted molar refractivity (Wildman–Crippen MR) is 198 cm³/mol. The maximum atomic E-state index is 13.4. The average Bonchev–Trinajstić information content (AvgIpc) is 3.45. The van der Waals surface area contributed by atoms with Crippen LogP contribution in [0.25, 0.3) is 11.1 Å². The monoisotopic (exact) mass is 714 g/mol. The van der Waals surface area contributed by atoms with Crippen molar-refractivity contribution < 1.29 is 33.8 Å². The molecule has 1 aliphatic carbocycles. The van der Waals surface area contributed by atoms with Crippen LogP contribution in [0, 0.1) is 5.92 Å². The van der Waals surface area contributed by atoms with Crippen LogP contribution in [0.3, 0.4) is 0 Å². The van der Waals surface area contributed by atoms with Gasteiger partial charge in [0.05, 0.1) is 6.61 Å². The van der Waals surface area contributed by atoms with Crippen molar-refractivity contribution >= 4 is 35.5 Å². The third-order valence-electron chi connectivity index (χ3n) is 8.97. The smallest absolute Gasteiger partial charge is 0.407 e. The van der Waals surface area contributed by atoms with Crippen molar-refractivity contribution in [1.29, 1.82) is 0 Å². The number of nitrogens with two attached hydrogens (primary N) is 1. The van der Waals surface area contributed by atoms with Crippen molar-refractivity contribution in [3.05, 3.63) is 89.5 Å². The first-order chi connectivity index (χ1) is 25.1. The molecule has 0 saturated heterocycles. The first-order valence-electron chi connectivity index (χ1n) is 17.8. The Kier molecular flexibility index (Phi) is 15.0. The van der Waals surface area contributed by atoms with E-state index in [9.17, 15) is 29.1 Å². The molecular weight excluding hydrogens is 664 g/mol. The minimum absolute atomic E-state index is 0.0158. The molecule has 4 rings (SSSR count). The summed E-state index contributed by atoms with van der Waals surface area (Å²) < 4.78 is 5.58. The van der Waals surface area contributed by atoms with Gasteiger partial charge >= 0.3 is 12.1 Å². The van der Waals surface area contributed by atoms with Crippen LogP contribution >= 0.6 is 0 Å². The molecule has 52 heavy (non-hydrogen) atoms. The van der Waals surface area contributed by atoms with Crippen LogP contribution in [-0.4, -0.2) is 66.7 Å². The lowest BCUT2D eigenvalue weighted by Gasteiger charge is -2.25. The van der Waals surface area contributed by atoms with Gasteiger partial charge in [-0.15, -0.1) is 0 Å². The van der Waals surface area contributed by atoms with Crippen molar-refractivity contribution in [2.45, 2.75) is 77.0 Å². The number of carbonyl (C=O) groups is 5. The number of urea groups is 1. The summed E-state index contributed by atoms with van der Waals surface area (Å²) in [5, 5.41) is 22.9. The van der Waals surface area contributed by atoms with Gasteiger partial charge in [0.25, 0.3) is 0 Å². The van der Waals surface area contributed by atoms with E-state index in [1.165, 1.54) is 0 Å². The van der Waals surface area contributed by atoms with Crippen molar-refractivity contribution in [1.82, 2.24) is 21.3 Å². The number of hydrogen-bond acceptors (Lipinski definition) is 7. The molecule has 0 fully saturated rings. The molecule has 0 radical (unpaired) electrons. The molecule has 1 aliphatic rings. The Hall–Kier alpha value is -5.43. The first kappa shape index (κ1) is 39.4. The number of fused-ring (bicyclic) bond motifs is 3. The van der Waals surface area contributed by atoms with E-state index >= 15 is 0 Å². The molecule has 0 heterocycles. The topological polar surface area (TPSA) is 201 Å². The van der Waals surface area contributed by atoms with E-state index in [1.807, 2.05) is 24.3 Å². The molecule has 278 valence electrons. The summed E-state index contributed by atoms with van der Waals surface area (Å²) in [5.41, 5.74) is 10.9. The van der Waals surface area contributed by atoms with Gasteiger partial charge < -0.3 is 42.2 Å². The summed E-state index contributed by atoms with van der Waals surface area (Å²) >= 11 is 0. The van der Waals surface area contributed by atoms with Crippen molar-refractivity contribution in [3.63, 3.8) is 0 Å². The number of aliphatic hydroxyl groups is 1. The molecule has 0 spiro atoms. The molecule has 0 saturated carbocycles. The van der Waals surface area contributed by atoms with E-state index < -0.39 is 36.0 Å². The number of nitrogens with one attached hydrogen (secondary N) is 5. The van der Waals surface area contributed by atoms with Crippen molar-refractivity contribution in [2.75, 3.05) is 25.0 Å². The molecule has 2 atom stereocenters. The highest BCUT2D eigenvalue weighted by Gasteiger charge is 2.30. The quantitative estimate of drug-likeness (QED) is 0.0898. The van der Waals surface area contributed by atoms with Gasteiger partial charge in [-0.25, -0.2) is 9.59 Å². The number of unbranched alkanes of at least 4 members (excludes halogenated alkanes) is 2. The number of benzene rings is 3. The number of rotatable bonds is 19. The Bertz CT molecular complexity index is 1630. The van der Waals surface area contributed by atoms with Gasteiger partial charge in [-0.05, 0) is 71.6 Å². The van der Waals surface area contributed by atoms with Crippen LogP contribution in [0.2, 0.25) is 0 Å². The molecule has 13 heteroatoms. The first-order valence-corrected chi connectivity index (χ1v) is 17.8. The lowest BCUT2D eigenvalue weighted by atomic mass is 9.98. The fourth-order valence-corrected chi connectivity index (χ4v) is 6.18. The lowest BCUT2D eigenvalue weighted by molar-refractivity contribution is -0.132. The second kappa shape index (κ2) is 19.8. The molecule has 0 unspecified atom stereocenters. The predicted octanol–water partition coefficient (Wildman–Crippen LogP) is 4.29. The van der Waals surface area contributed by atoms with E-state index in [4.69, 9.17) is 10.5 Å². The van der Waals surface area contributed by atoms with E-state index in [-0.39, 0.29) is 50.3 Å². The Morgan fingerprint density at radius 1 is 0.769 bits per heavy atom. The second-order valence-electron chi connectivity index (χ2n) is 13.2. The minimum Gasteiger partial charge on any atom is -0.449 e. The van der Waals surface area contributed by atoms with Crippen LogP contribution in [-0.2, 0) is 25.7 Å². The molecule has 0 aromatic heterocycles. The molecule has 6 amide bonds. The van der Waals surface area contributed by atoms with Crippen LogP contribution in [0.5, 0.6) is 0 Å². The van der Waals surface area contributed by atoms with Gasteiger partial charge in [0, 0.05) is 31.1 Å². The zero-order chi connectivity index (χ0) is 37.5. The van der Waals surface area contributed by atoms with Gasteiger partial charge in [-0.2, -0.15) is 0 Å². The largest absolute Gasteiger partial charge is 0.449 e. The van der Waals surface area contributed by atoms with E-state index in [1.54, 1.807) is 38.1 Å². The van der Waals surface area contributed by atoms with Crippen molar-refractivity contribution in [2.24, 2.45) is 11.7 Å². The summed E-state index contributed by atoms with van der Waals surface area (Å²) in [5.74, 6) is -1.55. The second-order valence-corrected chi connectivity index (χ2v) is 13.2. The standard InChI is InChI=1S/C39H50N6O7/c1-25(2)35(37(49)44-33(15-10-22-41-38(40)50)36(48)43-27-19-17-26(23-46)18-20-27)45-34(47)16-4-3-9-21-42-39(51)52-24-32-30-13-7-5-11-28(30)29-12-6-8-14-31(29)32/h5-8,11-14,17-20,25,32-33,35,46H,3-4,9-10,15-16,21-24H2,1-2H3,(H,42,51)(H,43,48)(H,44,49)(H,45,47)(H3,40,41,50)/t33-,35-/m0/s1. The van der Waals surface area contributed by atoms with Crippen LogP contribution in [0.15, 0.2) is 72.8 Å². The number of ether oxygens (including phenoxy) is 1. The molecular formula is C39H50N6O7. The zero-order valence-electron chi connectivity index (χ0n) is 29.8.